The van der Waals surface area contributed by atoms with E-state index in [4.69, 9.17) is 9.47 Å². The molecule has 42 heavy (non-hydrogen) atoms. The summed E-state index contributed by atoms with van der Waals surface area (Å²) in [5, 5.41) is 1.10. The summed E-state index contributed by atoms with van der Waals surface area (Å²) in [6.45, 7) is 6.12. The SMILES string of the molecule is Cc1cc2ccn(C3C(F)CC4C(=O)C(C(=O)N5CCOCC5)=CN5C6C(CCC7CCCCC76)OC3C45)c2cc1C. The van der Waals surface area contributed by atoms with E-state index in [0.29, 0.717) is 38.1 Å². The van der Waals surface area contributed by atoms with Crippen molar-refractivity contribution in [3.8, 4) is 0 Å². The van der Waals surface area contributed by atoms with Gasteiger partial charge in [-0.3, -0.25) is 9.59 Å². The number of hydrogen-bond acceptors (Lipinski definition) is 5. The van der Waals surface area contributed by atoms with Gasteiger partial charge in [-0.1, -0.05) is 19.3 Å². The van der Waals surface area contributed by atoms with Crippen molar-refractivity contribution in [2.24, 2.45) is 17.8 Å². The Morgan fingerprint density at radius 3 is 2.60 bits per heavy atom. The van der Waals surface area contributed by atoms with Crippen molar-refractivity contribution in [2.45, 2.75) is 95.3 Å². The molecule has 3 aliphatic heterocycles. The van der Waals surface area contributed by atoms with E-state index in [1.165, 1.54) is 30.4 Å². The Labute approximate surface area is 247 Å². The molecule has 224 valence electrons. The summed E-state index contributed by atoms with van der Waals surface area (Å²) in [4.78, 5) is 32.1. The number of carbonyl (C=O) groups excluding carboxylic acids is 2. The highest BCUT2D eigenvalue weighted by atomic mass is 19.1. The van der Waals surface area contributed by atoms with Crippen molar-refractivity contribution in [2.75, 3.05) is 26.3 Å². The molecule has 0 bridgehead atoms. The summed E-state index contributed by atoms with van der Waals surface area (Å²) in [7, 11) is 0. The minimum Gasteiger partial charge on any atom is -0.378 e. The van der Waals surface area contributed by atoms with Gasteiger partial charge in [-0.25, -0.2) is 4.39 Å². The third-order valence-electron chi connectivity index (χ3n) is 11.6. The van der Waals surface area contributed by atoms with Crippen LogP contribution in [0.5, 0.6) is 0 Å². The number of hydrogen-bond donors (Lipinski definition) is 0. The number of fused-ring (bicyclic) bond motifs is 5. The maximum Gasteiger partial charge on any atom is 0.259 e. The quantitative estimate of drug-likeness (QED) is 0.478. The van der Waals surface area contributed by atoms with Gasteiger partial charge in [-0.2, -0.15) is 0 Å². The molecule has 2 saturated heterocycles. The molecular weight excluding hydrogens is 533 g/mol. The van der Waals surface area contributed by atoms with Gasteiger partial charge in [-0.15, -0.1) is 0 Å². The minimum atomic E-state index is -1.26. The zero-order chi connectivity index (χ0) is 28.7. The van der Waals surface area contributed by atoms with Gasteiger partial charge >= 0.3 is 0 Å². The molecule has 0 radical (unpaired) electrons. The lowest BCUT2D eigenvalue weighted by molar-refractivity contribution is -0.220. The lowest BCUT2D eigenvalue weighted by Gasteiger charge is -2.62. The second-order valence-electron chi connectivity index (χ2n) is 13.7. The molecule has 7 nitrogen and oxygen atoms in total. The van der Waals surface area contributed by atoms with Crippen molar-refractivity contribution in [1.82, 2.24) is 14.4 Å². The number of halogens is 1. The Morgan fingerprint density at radius 2 is 1.76 bits per heavy atom. The van der Waals surface area contributed by atoms with E-state index in [1.54, 1.807) is 4.90 Å². The first-order valence-electron chi connectivity index (χ1n) is 16.2. The van der Waals surface area contributed by atoms with Gasteiger partial charge in [0.05, 0.1) is 43.0 Å². The topological polar surface area (TPSA) is 64.0 Å². The maximum atomic E-state index is 16.6. The average Bonchev–Trinajstić information content (AvgIpc) is 3.40. The third-order valence-corrected chi connectivity index (χ3v) is 11.6. The standard InChI is InChI=1S/C34H42FN3O4/c1-19-15-22-9-10-37(27(22)16-20(19)2)31-26(35)17-24-30-33(31)42-28-8-7-21-5-3-4-6-23(21)29(28)38(30)18-25(32(24)39)34(40)36-11-13-41-14-12-36/h9-10,15-16,18,21,23-24,26,28-31,33H,3-8,11-14,17H2,1-2H3. The fourth-order valence-electron chi connectivity index (χ4n) is 9.49. The number of alkyl halides is 1. The van der Waals surface area contributed by atoms with Gasteiger partial charge in [-0.05, 0) is 86.1 Å². The Kier molecular flexibility index (Phi) is 6.52. The zero-order valence-corrected chi connectivity index (χ0v) is 24.7. The molecule has 8 heteroatoms. The smallest absolute Gasteiger partial charge is 0.259 e. The molecule has 1 aromatic heterocycles. The predicted octanol–water partition coefficient (Wildman–Crippen LogP) is 4.89. The molecule has 9 unspecified atom stereocenters. The van der Waals surface area contributed by atoms with Gasteiger partial charge < -0.3 is 23.8 Å². The number of amides is 1. The average molecular weight is 576 g/mol. The number of aryl methyl sites for hydroxylation is 2. The number of benzene rings is 1. The fourth-order valence-corrected chi connectivity index (χ4v) is 9.49. The van der Waals surface area contributed by atoms with E-state index in [1.807, 2.05) is 12.4 Å². The maximum absolute atomic E-state index is 16.6. The number of aromatic nitrogens is 1. The Morgan fingerprint density at radius 1 is 0.976 bits per heavy atom. The van der Waals surface area contributed by atoms with Crippen LogP contribution in [0.25, 0.3) is 10.9 Å². The molecular formula is C34H42FN3O4. The van der Waals surface area contributed by atoms with Crippen molar-refractivity contribution in [3.05, 3.63) is 47.3 Å². The van der Waals surface area contributed by atoms with Crippen molar-refractivity contribution in [3.63, 3.8) is 0 Å². The molecule has 2 aromatic rings. The first-order valence-corrected chi connectivity index (χ1v) is 16.2. The zero-order valence-electron chi connectivity index (χ0n) is 24.7. The van der Waals surface area contributed by atoms with Crippen LogP contribution in [0.1, 0.15) is 62.1 Å². The van der Waals surface area contributed by atoms with Crippen LogP contribution < -0.4 is 0 Å². The summed E-state index contributed by atoms with van der Waals surface area (Å²) >= 11 is 0. The monoisotopic (exact) mass is 575 g/mol. The summed E-state index contributed by atoms with van der Waals surface area (Å²) < 4.78 is 31.2. The van der Waals surface area contributed by atoms with E-state index in [2.05, 4.69) is 41.5 Å². The van der Waals surface area contributed by atoms with Crippen LogP contribution in [0.4, 0.5) is 4.39 Å². The van der Waals surface area contributed by atoms with Crippen molar-refractivity contribution in [1.29, 1.82) is 0 Å². The highest BCUT2D eigenvalue weighted by Crippen LogP contribution is 2.53. The number of ketones is 1. The van der Waals surface area contributed by atoms with Crippen LogP contribution in [-0.4, -0.2) is 82.8 Å². The number of ether oxygens (including phenoxy) is 2. The van der Waals surface area contributed by atoms with Gasteiger partial charge in [0.1, 0.15) is 12.3 Å². The molecule has 0 N–H and O–H groups in total. The second-order valence-corrected chi connectivity index (χ2v) is 13.7. The van der Waals surface area contributed by atoms with Gasteiger partial charge in [0, 0.05) is 36.9 Å². The number of morpholine rings is 2. The van der Waals surface area contributed by atoms with Crippen molar-refractivity contribution >= 4 is 22.6 Å². The summed E-state index contributed by atoms with van der Waals surface area (Å²) in [5.74, 6) is 0.0960. The normalized spacial score (nSPS) is 38.0. The lowest BCUT2D eigenvalue weighted by atomic mass is 9.63. The van der Waals surface area contributed by atoms with Crippen LogP contribution in [0.15, 0.2) is 36.2 Å². The first-order chi connectivity index (χ1) is 20.4. The number of nitrogens with zero attached hydrogens (tertiary/aromatic N) is 3. The van der Waals surface area contributed by atoms with Gasteiger partial charge in [0.2, 0.25) is 0 Å². The molecule has 3 aliphatic carbocycles. The third kappa shape index (κ3) is 4.04. The molecule has 1 aromatic carbocycles. The molecule has 6 aliphatic rings. The Bertz CT molecular complexity index is 1450. The van der Waals surface area contributed by atoms with Gasteiger partial charge in [0.25, 0.3) is 5.91 Å². The summed E-state index contributed by atoms with van der Waals surface area (Å²) in [5.41, 5.74) is 3.64. The Balaban J connectivity index is 1.24. The number of carbonyl (C=O) groups is 2. The van der Waals surface area contributed by atoms with E-state index in [9.17, 15) is 9.59 Å². The predicted molar refractivity (Wildman–Crippen MR) is 157 cm³/mol. The van der Waals surface area contributed by atoms with E-state index in [-0.39, 0.29) is 41.9 Å². The largest absolute Gasteiger partial charge is 0.378 e. The highest BCUT2D eigenvalue weighted by Gasteiger charge is 2.61. The van der Waals surface area contributed by atoms with Crippen LogP contribution in [0, 0.1) is 31.6 Å². The lowest BCUT2D eigenvalue weighted by Crippen LogP contribution is -2.71. The molecule has 9 atom stereocenters. The second kappa shape index (κ2) is 10.2. The highest BCUT2D eigenvalue weighted by molar-refractivity contribution is 6.20. The molecule has 3 saturated carbocycles. The minimum absolute atomic E-state index is 0.0333. The number of rotatable bonds is 2. The van der Waals surface area contributed by atoms with E-state index >= 15 is 4.39 Å². The molecule has 8 rings (SSSR count). The van der Waals surface area contributed by atoms with Gasteiger partial charge in [0.15, 0.2) is 5.78 Å². The molecule has 1 amide bonds. The van der Waals surface area contributed by atoms with E-state index in [0.717, 1.165) is 30.2 Å². The first kappa shape index (κ1) is 26.9. The van der Waals surface area contributed by atoms with Crippen LogP contribution in [0.2, 0.25) is 0 Å². The summed E-state index contributed by atoms with van der Waals surface area (Å²) in [6, 6.07) is 5.72. The number of Topliss-reactive ketones (excluding diaryl/α,β-unsaturated/α-hetero) is 1. The van der Waals surface area contributed by atoms with Crippen LogP contribution in [-0.2, 0) is 19.1 Å². The molecule has 5 fully saturated rings. The Hall–Kier alpha value is -2.71. The van der Waals surface area contributed by atoms with E-state index < -0.39 is 24.2 Å². The molecule has 0 spiro atoms. The summed E-state index contributed by atoms with van der Waals surface area (Å²) in [6.07, 6.45) is 9.20. The molecule has 4 heterocycles. The van der Waals surface area contributed by atoms with Crippen molar-refractivity contribution < 1.29 is 23.5 Å². The van der Waals surface area contributed by atoms with Crippen LogP contribution >= 0.6 is 0 Å². The fraction of sp³-hybridized carbons (Fsp3) is 0.647. The van der Waals surface area contributed by atoms with Crippen LogP contribution in [0.3, 0.4) is 0 Å².